The lowest BCUT2D eigenvalue weighted by Crippen LogP contribution is -2.30. The Hall–Kier alpha value is 0.0400. The molecule has 0 unspecified atom stereocenters. The zero-order valence-electron chi connectivity index (χ0n) is 8.99. The first kappa shape index (κ1) is 12.1. The Balaban J connectivity index is 2.37. The fraction of sp³-hybridized carbons (Fsp3) is 0.900. The lowest BCUT2D eigenvalue weighted by atomic mass is 10.0. The first-order valence-electron chi connectivity index (χ1n) is 5.18. The molecule has 0 aromatic carbocycles. The molecule has 0 heterocycles. The molecular weight excluding hydrogens is 214 g/mol. The van der Waals surface area contributed by atoms with Gasteiger partial charge in [0.1, 0.15) is 0 Å². The molecule has 0 aromatic heterocycles. The van der Waals surface area contributed by atoms with Crippen LogP contribution in [0.5, 0.6) is 0 Å². The zero-order valence-corrected chi connectivity index (χ0v) is 10.6. The molecule has 0 aromatic rings. The van der Waals surface area contributed by atoms with E-state index in [0.29, 0.717) is 11.0 Å². The van der Waals surface area contributed by atoms with Crippen molar-refractivity contribution < 1.29 is 4.21 Å². The smallest absolute Gasteiger partial charge is 0.0900 e. The van der Waals surface area contributed by atoms with E-state index >= 15 is 0 Å². The summed E-state index contributed by atoms with van der Waals surface area (Å²) >= 11 is 5.16. The van der Waals surface area contributed by atoms with E-state index in [0.717, 1.165) is 17.8 Å². The summed E-state index contributed by atoms with van der Waals surface area (Å²) in [6.07, 6.45) is 6.05. The van der Waals surface area contributed by atoms with E-state index in [2.05, 4.69) is 0 Å². The van der Waals surface area contributed by atoms with Gasteiger partial charge in [0.2, 0.25) is 0 Å². The van der Waals surface area contributed by atoms with Crippen LogP contribution in [0.25, 0.3) is 0 Å². The average Bonchev–Trinajstić information content (AvgIpc) is 2.19. The molecule has 1 aliphatic carbocycles. The largest absolute Gasteiger partial charge is 0.372 e. The van der Waals surface area contributed by atoms with Gasteiger partial charge in [0.15, 0.2) is 0 Å². The van der Waals surface area contributed by atoms with Crippen molar-refractivity contribution in [3.8, 4) is 0 Å². The van der Waals surface area contributed by atoms with Crippen molar-refractivity contribution in [3.63, 3.8) is 0 Å². The van der Waals surface area contributed by atoms with E-state index < -0.39 is 10.8 Å². The molecule has 0 radical (unpaired) electrons. The summed E-state index contributed by atoms with van der Waals surface area (Å²) in [5, 5.41) is 0.404. The predicted molar refractivity (Wildman–Crippen MR) is 66.2 cm³/mol. The van der Waals surface area contributed by atoms with E-state index in [1.165, 1.54) is 19.3 Å². The van der Waals surface area contributed by atoms with E-state index in [9.17, 15) is 4.21 Å². The molecule has 1 saturated carbocycles. The summed E-state index contributed by atoms with van der Waals surface area (Å²) in [6, 6.07) is 0. The van der Waals surface area contributed by atoms with Gasteiger partial charge in [-0.1, -0.05) is 31.5 Å². The highest BCUT2D eigenvalue weighted by molar-refractivity contribution is 7.89. The lowest BCUT2D eigenvalue weighted by molar-refractivity contribution is 0.505. The third-order valence-corrected chi connectivity index (χ3v) is 5.15. The molecule has 0 aliphatic heterocycles. The molecule has 1 rings (SSSR count). The SMILES string of the molecule is CN(C)C(=S)C[S@](=O)C1CCCCC1. The second-order valence-electron chi connectivity index (χ2n) is 4.07. The van der Waals surface area contributed by atoms with Crippen LogP contribution in [0, 0.1) is 0 Å². The van der Waals surface area contributed by atoms with Crippen LogP contribution in [0.2, 0.25) is 0 Å². The van der Waals surface area contributed by atoms with Gasteiger partial charge in [-0.15, -0.1) is 0 Å². The van der Waals surface area contributed by atoms with E-state index in [4.69, 9.17) is 12.2 Å². The number of rotatable bonds is 3. The van der Waals surface area contributed by atoms with Crippen LogP contribution >= 0.6 is 12.2 Å². The van der Waals surface area contributed by atoms with Crippen LogP contribution in [-0.2, 0) is 10.8 Å². The Morgan fingerprint density at radius 2 is 1.93 bits per heavy atom. The van der Waals surface area contributed by atoms with Crippen LogP contribution in [-0.4, -0.2) is 39.2 Å². The van der Waals surface area contributed by atoms with Gasteiger partial charge < -0.3 is 4.90 Å². The Morgan fingerprint density at radius 1 is 1.36 bits per heavy atom. The highest BCUT2D eigenvalue weighted by Crippen LogP contribution is 2.22. The normalized spacial score (nSPS) is 20.4. The van der Waals surface area contributed by atoms with Gasteiger partial charge in [-0.3, -0.25) is 4.21 Å². The molecule has 1 fully saturated rings. The van der Waals surface area contributed by atoms with Gasteiger partial charge in [0.05, 0.1) is 10.7 Å². The number of nitrogens with zero attached hydrogens (tertiary/aromatic N) is 1. The Kier molecular flexibility index (Phi) is 5.02. The molecule has 14 heavy (non-hydrogen) atoms. The second-order valence-corrected chi connectivity index (χ2v) is 6.26. The highest BCUT2D eigenvalue weighted by atomic mass is 32.2. The third kappa shape index (κ3) is 3.65. The minimum atomic E-state index is -0.740. The molecule has 0 saturated heterocycles. The van der Waals surface area contributed by atoms with Crippen LogP contribution in [0.4, 0.5) is 0 Å². The monoisotopic (exact) mass is 233 g/mol. The molecule has 0 amide bonds. The molecule has 2 nitrogen and oxygen atoms in total. The standard InChI is InChI=1S/C10H19NOS2/c1-11(2)10(13)8-14(12)9-6-4-3-5-7-9/h9H,3-8H2,1-2H3/t14-/m0/s1. The van der Waals surface area contributed by atoms with Crippen molar-refractivity contribution in [2.75, 3.05) is 19.8 Å². The summed E-state index contributed by atoms with van der Waals surface area (Å²) < 4.78 is 11.9. The summed E-state index contributed by atoms with van der Waals surface area (Å²) in [7, 11) is 3.09. The fourth-order valence-electron chi connectivity index (χ4n) is 1.70. The highest BCUT2D eigenvalue weighted by Gasteiger charge is 2.20. The van der Waals surface area contributed by atoms with Crippen molar-refractivity contribution in [2.45, 2.75) is 37.4 Å². The fourth-order valence-corrected chi connectivity index (χ4v) is 3.64. The van der Waals surface area contributed by atoms with Gasteiger partial charge in [-0.2, -0.15) is 0 Å². The van der Waals surface area contributed by atoms with Crippen molar-refractivity contribution in [3.05, 3.63) is 0 Å². The summed E-state index contributed by atoms with van der Waals surface area (Å²) in [5.41, 5.74) is 0. The number of hydrogen-bond donors (Lipinski definition) is 0. The maximum absolute atomic E-state index is 11.9. The van der Waals surface area contributed by atoms with Crippen LogP contribution in [0.15, 0.2) is 0 Å². The van der Waals surface area contributed by atoms with E-state index in [-0.39, 0.29) is 0 Å². The molecule has 1 atom stereocenters. The van der Waals surface area contributed by atoms with Gasteiger partial charge in [0, 0.05) is 30.1 Å². The Bertz CT molecular complexity index is 222. The van der Waals surface area contributed by atoms with E-state index in [1.54, 1.807) is 0 Å². The first-order valence-corrected chi connectivity index (χ1v) is 6.97. The number of hydrogen-bond acceptors (Lipinski definition) is 2. The van der Waals surface area contributed by atoms with Gasteiger partial charge in [-0.25, -0.2) is 0 Å². The minimum absolute atomic E-state index is 0.404. The van der Waals surface area contributed by atoms with Crippen molar-refractivity contribution in [1.29, 1.82) is 0 Å². The van der Waals surface area contributed by atoms with Gasteiger partial charge in [-0.05, 0) is 12.8 Å². The quantitative estimate of drug-likeness (QED) is 0.695. The maximum Gasteiger partial charge on any atom is 0.0900 e. The van der Waals surface area contributed by atoms with Crippen molar-refractivity contribution in [1.82, 2.24) is 4.90 Å². The minimum Gasteiger partial charge on any atom is -0.372 e. The van der Waals surface area contributed by atoms with E-state index in [1.807, 2.05) is 19.0 Å². The third-order valence-electron chi connectivity index (χ3n) is 2.69. The summed E-state index contributed by atoms with van der Waals surface area (Å²) in [4.78, 5) is 2.70. The van der Waals surface area contributed by atoms with Crippen molar-refractivity contribution in [2.24, 2.45) is 0 Å². The van der Waals surface area contributed by atoms with Gasteiger partial charge in [0.25, 0.3) is 0 Å². The molecule has 1 aliphatic rings. The Morgan fingerprint density at radius 3 is 2.43 bits per heavy atom. The molecule has 82 valence electrons. The molecular formula is C10H19NOS2. The average molecular weight is 233 g/mol. The topological polar surface area (TPSA) is 20.3 Å². The zero-order chi connectivity index (χ0) is 10.6. The summed E-state index contributed by atoms with van der Waals surface area (Å²) in [6.45, 7) is 0. The molecule has 0 spiro atoms. The van der Waals surface area contributed by atoms with Crippen LogP contribution in [0.3, 0.4) is 0 Å². The summed E-state index contributed by atoms with van der Waals surface area (Å²) in [5.74, 6) is 0.576. The Labute approximate surface area is 94.5 Å². The number of thiocarbonyl (C=S) groups is 1. The lowest BCUT2D eigenvalue weighted by Gasteiger charge is -2.22. The second kappa shape index (κ2) is 5.81. The molecule has 0 bridgehead atoms. The predicted octanol–water partition coefficient (Wildman–Crippen LogP) is 1.96. The molecule has 4 heteroatoms. The van der Waals surface area contributed by atoms with Crippen molar-refractivity contribution >= 4 is 28.0 Å². The van der Waals surface area contributed by atoms with Crippen LogP contribution in [0.1, 0.15) is 32.1 Å². The molecule has 0 N–H and O–H groups in total. The maximum atomic E-state index is 11.9. The first-order chi connectivity index (χ1) is 6.61. The van der Waals surface area contributed by atoms with Crippen LogP contribution < -0.4 is 0 Å². The van der Waals surface area contributed by atoms with Gasteiger partial charge >= 0.3 is 0 Å².